The summed E-state index contributed by atoms with van der Waals surface area (Å²) < 4.78 is 21.8. The fourth-order valence-corrected chi connectivity index (χ4v) is 4.47. The molecule has 154 valence electrons. The third-order valence-corrected chi connectivity index (χ3v) is 6.14. The third-order valence-electron chi connectivity index (χ3n) is 6.14. The summed E-state index contributed by atoms with van der Waals surface area (Å²) in [6.07, 6.45) is 2.89. The summed E-state index contributed by atoms with van der Waals surface area (Å²) in [4.78, 5) is 16.8. The highest BCUT2D eigenvalue weighted by Gasteiger charge is 2.46. The van der Waals surface area contributed by atoms with Gasteiger partial charge in [0.2, 0.25) is 6.79 Å². The molecule has 0 N–H and O–H groups in total. The first-order chi connectivity index (χ1) is 13.6. The number of hydrogen-bond acceptors (Lipinski definition) is 6. The normalized spacial score (nSPS) is 20.8. The Balaban J connectivity index is 1.27. The lowest BCUT2D eigenvalue weighted by molar-refractivity contribution is -0.125. The van der Waals surface area contributed by atoms with Gasteiger partial charge in [-0.3, -0.25) is 4.90 Å². The molecule has 0 bridgehead atoms. The number of fused-ring (bicyclic) bond motifs is 1. The van der Waals surface area contributed by atoms with Crippen LogP contribution in [0.4, 0.5) is 4.79 Å². The minimum absolute atomic E-state index is 0.0380. The van der Waals surface area contributed by atoms with Crippen LogP contribution in [0.1, 0.15) is 32.3 Å². The first-order valence-electron chi connectivity index (χ1n) is 10.3. The van der Waals surface area contributed by atoms with E-state index in [1.54, 1.807) is 4.90 Å². The smallest absolute Gasteiger partial charge is 0.410 e. The lowest BCUT2D eigenvalue weighted by atomic mass is 9.94. The van der Waals surface area contributed by atoms with Crippen molar-refractivity contribution >= 4 is 6.09 Å². The summed E-state index contributed by atoms with van der Waals surface area (Å²) in [6.45, 7) is 8.83. The second kappa shape index (κ2) is 8.17. The molecule has 1 aromatic rings. The highest BCUT2D eigenvalue weighted by atomic mass is 16.7. The van der Waals surface area contributed by atoms with Gasteiger partial charge in [-0.25, -0.2) is 4.79 Å². The molecule has 1 atom stereocenters. The summed E-state index contributed by atoms with van der Waals surface area (Å²) >= 11 is 0. The van der Waals surface area contributed by atoms with Crippen LogP contribution in [0.25, 0.3) is 0 Å². The highest BCUT2D eigenvalue weighted by Crippen LogP contribution is 2.35. The van der Waals surface area contributed by atoms with Crippen LogP contribution >= 0.6 is 0 Å². The van der Waals surface area contributed by atoms with Crippen LogP contribution in [0, 0.1) is 0 Å². The molecule has 0 aromatic heterocycles. The average Bonchev–Trinajstić information content (AvgIpc) is 3.28. The molecule has 2 fully saturated rings. The number of likely N-dealkylation sites (tertiary alicyclic amines) is 1. The van der Waals surface area contributed by atoms with Crippen LogP contribution < -0.4 is 9.47 Å². The van der Waals surface area contributed by atoms with E-state index in [1.165, 1.54) is 12.8 Å². The maximum Gasteiger partial charge on any atom is 0.410 e. The molecule has 1 spiro atoms. The molecule has 7 nitrogen and oxygen atoms in total. The molecule has 28 heavy (non-hydrogen) atoms. The zero-order chi connectivity index (χ0) is 19.6. The van der Waals surface area contributed by atoms with E-state index in [0.717, 1.165) is 49.8 Å². The van der Waals surface area contributed by atoms with Crippen LogP contribution in [0.3, 0.4) is 0 Å². The molecule has 3 aliphatic heterocycles. The number of amides is 1. The summed E-state index contributed by atoms with van der Waals surface area (Å²) in [6, 6.07) is 5.98. The summed E-state index contributed by atoms with van der Waals surface area (Å²) in [5.41, 5.74) is 1.33. The molecule has 0 aliphatic carbocycles. The Morgan fingerprint density at radius 2 is 2.14 bits per heavy atom. The van der Waals surface area contributed by atoms with Crippen molar-refractivity contribution in [1.29, 1.82) is 0 Å². The van der Waals surface area contributed by atoms with E-state index in [4.69, 9.17) is 18.9 Å². The Bertz CT molecular complexity index is 706. The zero-order valence-corrected chi connectivity index (χ0v) is 16.8. The van der Waals surface area contributed by atoms with Gasteiger partial charge >= 0.3 is 6.09 Å². The molecule has 0 unspecified atom stereocenters. The van der Waals surface area contributed by atoms with Crippen molar-refractivity contribution in [1.82, 2.24) is 9.80 Å². The van der Waals surface area contributed by atoms with Gasteiger partial charge in [0.15, 0.2) is 11.5 Å². The van der Waals surface area contributed by atoms with E-state index in [2.05, 4.69) is 11.8 Å². The largest absolute Gasteiger partial charge is 0.454 e. The average molecular weight is 390 g/mol. The van der Waals surface area contributed by atoms with Gasteiger partial charge in [-0.15, -0.1) is 0 Å². The number of carbonyl (C=O) groups excluding carboxylic acids is 1. The van der Waals surface area contributed by atoms with E-state index in [-0.39, 0.29) is 24.5 Å². The minimum Gasteiger partial charge on any atom is -0.454 e. The van der Waals surface area contributed by atoms with Gasteiger partial charge < -0.3 is 23.8 Å². The highest BCUT2D eigenvalue weighted by molar-refractivity contribution is 5.68. The van der Waals surface area contributed by atoms with Crippen LogP contribution in [0.2, 0.25) is 0 Å². The number of ether oxygens (including phenoxy) is 4. The molecular weight excluding hydrogens is 360 g/mol. The lowest BCUT2D eigenvalue weighted by Crippen LogP contribution is -2.59. The Morgan fingerprint density at radius 3 is 2.89 bits per heavy atom. The predicted octanol–water partition coefficient (Wildman–Crippen LogP) is 2.67. The maximum absolute atomic E-state index is 12.6. The topological polar surface area (TPSA) is 60.5 Å². The van der Waals surface area contributed by atoms with Gasteiger partial charge in [0.05, 0.1) is 18.8 Å². The number of likely N-dealkylation sites (N-methyl/N-ethyl adjacent to an activating group) is 1. The van der Waals surface area contributed by atoms with Crippen molar-refractivity contribution < 1.29 is 23.7 Å². The quantitative estimate of drug-likeness (QED) is 0.713. The Kier molecular flexibility index (Phi) is 5.64. The number of rotatable bonds is 7. The predicted molar refractivity (Wildman–Crippen MR) is 104 cm³/mol. The summed E-state index contributed by atoms with van der Waals surface area (Å²) in [7, 11) is 0. The molecular formula is C21H30N2O5. The Hall–Kier alpha value is -1.99. The summed E-state index contributed by atoms with van der Waals surface area (Å²) in [5, 5.41) is 0. The minimum atomic E-state index is -0.242. The van der Waals surface area contributed by atoms with Crippen molar-refractivity contribution in [3.8, 4) is 11.5 Å². The number of benzene rings is 1. The van der Waals surface area contributed by atoms with Crippen LogP contribution in [0.5, 0.6) is 11.5 Å². The van der Waals surface area contributed by atoms with Crippen LogP contribution in [0.15, 0.2) is 18.2 Å². The van der Waals surface area contributed by atoms with Gasteiger partial charge in [-0.2, -0.15) is 0 Å². The first-order valence-corrected chi connectivity index (χ1v) is 10.3. The molecule has 1 aromatic carbocycles. The molecule has 2 saturated heterocycles. The zero-order valence-electron chi connectivity index (χ0n) is 16.8. The van der Waals surface area contributed by atoms with E-state index in [0.29, 0.717) is 13.2 Å². The molecule has 1 amide bonds. The van der Waals surface area contributed by atoms with Gasteiger partial charge in [0.1, 0.15) is 6.61 Å². The molecule has 7 heteroatoms. The second-order valence-corrected chi connectivity index (χ2v) is 7.95. The van der Waals surface area contributed by atoms with E-state index in [1.807, 2.05) is 25.1 Å². The standard InChI is InChI=1S/C21H30N2O5/c1-3-23(16(2)11-17-5-6-18-19(12-17)28-15-27-18)20(24)26-10-9-22-8-4-7-21(22)13-25-14-21/h5-6,12,16H,3-4,7-11,13-15H2,1-2H3/t16-/m1/s1. The number of nitrogens with zero attached hydrogens (tertiary/aromatic N) is 2. The molecule has 3 heterocycles. The molecule has 3 aliphatic rings. The SMILES string of the molecule is CCN(C(=O)OCCN1CCCC12COC2)[C@H](C)Cc1ccc2c(c1)OCO2. The fraction of sp³-hybridized carbons (Fsp3) is 0.667. The van der Waals surface area contributed by atoms with E-state index < -0.39 is 0 Å². The number of hydrogen-bond donors (Lipinski definition) is 0. The van der Waals surface area contributed by atoms with Gasteiger partial charge in [0.25, 0.3) is 0 Å². The third kappa shape index (κ3) is 3.78. The van der Waals surface area contributed by atoms with Crippen LogP contribution in [-0.4, -0.2) is 73.7 Å². The van der Waals surface area contributed by atoms with Gasteiger partial charge in [-0.1, -0.05) is 6.07 Å². The van der Waals surface area contributed by atoms with E-state index >= 15 is 0 Å². The fourth-order valence-electron chi connectivity index (χ4n) is 4.47. The van der Waals surface area contributed by atoms with Crippen LogP contribution in [-0.2, 0) is 15.9 Å². The molecule has 0 saturated carbocycles. The monoisotopic (exact) mass is 390 g/mol. The summed E-state index contributed by atoms with van der Waals surface area (Å²) in [5.74, 6) is 1.55. The first kappa shape index (κ1) is 19.3. The van der Waals surface area contributed by atoms with E-state index in [9.17, 15) is 4.79 Å². The molecule has 0 radical (unpaired) electrons. The van der Waals surface area contributed by atoms with Crippen molar-refractivity contribution in [2.24, 2.45) is 0 Å². The Labute approximate surface area is 166 Å². The lowest BCUT2D eigenvalue weighted by Gasteiger charge is -2.45. The van der Waals surface area contributed by atoms with Gasteiger partial charge in [0, 0.05) is 19.1 Å². The number of carbonyl (C=O) groups is 1. The van der Waals surface area contributed by atoms with Gasteiger partial charge in [-0.05, 0) is 57.4 Å². The second-order valence-electron chi connectivity index (χ2n) is 7.95. The maximum atomic E-state index is 12.6. The van der Waals surface area contributed by atoms with Crippen molar-refractivity contribution in [3.05, 3.63) is 23.8 Å². The molecule has 4 rings (SSSR count). The van der Waals surface area contributed by atoms with Crippen molar-refractivity contribution in [2.75, 3.05) is 46.2 Å². The van der Waals surface area contributed by atoms with Crippen molar-refractivity contribution in [2.45, 2.75) is 44.7 Å². The Morgan fingerprint density at radius 1 is 1.32 bits per heavy atom. The van der Waals surface area contributed by atoms with Crippen molar-refractivity contribution in [3.63, 3.8) is 0 Å².